The van der Waals surface area contributed by atoms with Crippen LogP contribution in [-0.2, 0) is 29.1 Å². The zero-order chi connectivity index (χ0) is 31.7. The largest absolute Gasteiger partial charge is 0.504 e. The minimum atomic E-state index is -0.879. The van der Waals surface area contributed by atoms with E-state index in [9.17, 15) is 24.6 Å². The molecule has 3 N–H and O–H groups in total. The van der Waals surface area contributed by atoms with E-state index < -0.39 is 18.2 Å². The number of piperazine rings is 1. The van der Waals surface area contributed by atoms with Crippen molar-refractivity contribution in [2.75, 3.05) is 27.2 Å². The van der Waals surface area contributed by atoms with Crippen molar-refractivity contribution >= 4 is 28.6 Å². The molecule has 0 bridgehead atoms. The van der Waals surface area contributed by atoms with Gasteiger partial charge in [0.15, 0.2) is 11.5 Å². The number of rotatable bonds is 8. The second-order valence-electron chi connectivity index (χ2n) is 11.3. The maximum atomic E-state index is 14.1. The first-order valence-corrected chi connectivity index (χ1v) is 14.7. The molecule has 2 saturated heterocycles. The van der Waals surface area contributed by atoms with Gasteiger partial charge in [-0.1, -0.05) is 60.7 Å². The van der Waals surface area contributed by atoms with Crippen molar-refractivity contribution in [3.05, 3.63) is 102 Å². The van der Waals surface area contributed by atoms with Gasteiger partial charge in [-0.2, -0.15) is 5.01 Å². The molecule has 4 aromatic carbocycles. The first kappa shape index (κ1) is 29.8. The SMILES string of the molecule is COc1ccc(CNC(=O)N(C)N2CC(=O)N3[C@@H](Cc4ccc(O)c(O)c4)C(=O)N(Cc4cccc5ccccc45)C[C@@H]32)cc1. The number of carbonyl (C=O) groups excluding carboxylic acids is 3. The Bertz CT molecular complexity index is 1740. The highest BCUT2D eigenvalue weighted by Gasteiger charge is 2.51. The Morgan fingerprint density at radius 3 is 2.44 bits per heavy atom. The normalized spacial score (nSPS) is 18.3. The monoisotopic (exact) mass is 609 g/mol. The highest BCUT2D eigenvalue weighted by molar-refractivity contribution is 5.92. The average Bonchev–Trinajstić information content (AvgIpc) is 3.38. The lowest BCUT2D eigenvalue weighted by Crippen LogP contribution is -2.65. The number of hydrazine groups is 1. The van der Waals surface area contributed by atoms with Crippen LogP contribution in [0.2, 0.25) is 0 Å². The smallest absolute Gasteiger partial charge is 0.332 e. The third-order valence-electron chi connectivity index (χ3n) is 8.56. The zero-order valence-electron chi connectivity index (χ0n) is 25.1. The molecule has 45 heavy (non-hydrogen) atoms. The Balaban J connectivity index is 1.27. The van der Waals surface area contributed by atoms with Gasteiger partial charge in [0.05, 0.1) is 20.2 Å². The van der Waals surface area contributed by atoms with E-state index in [-0.39, 0.29) is 49.4 Å². The van der Waals surface area contributed by atoms with Gasteiger partial charge >= 0.3 is 6.03 Å². The summed E-state index contributed by atoms with van der Waals surface area (Å²) in [5.74, 6) is -0.359. The number of phenols is 2. The molecule has 0 radical (unpaired) electrons. The number of carbonyl (C=O) groups is 3. The number of ether oxygens (including phenoxy) is 1. The van der Waals surface area contributed by atoms with Crippen molar-refractivity contribution < 1.29 is 29.3 Å². The molecule has 2 fully saturated rings. The van der Waals surface area contributed by atoms with Gasteiger partial charge in [-0.3, -0.25) is 14.6 Å². The summed E-state index contributed by atoms with van der Waals surface area (Å²) in [6.45, 7) is 0.713. The summed E-state index contributed by atoms with van der Waals surface area (Å²) >= 11 is 0. The van der Waals surface area contributed by atoms with Crippen LogP contribution >= 0.6 is 0 Å². The summed E-state index contributed by atoms with van der Waals surface area (Å²) in [7, 11) is 3.20. The Kier molecular flexibility index (Phi) is 8.18. The van der Waals surface area contributed by atoms with E-state index in [1.54, 1.807) is 35.0 Å². The third kappa shape index (κ3) is 5.94. The van der Waals surface area contributed by atoms with Gasteiger partial charge < -0.3 is 30.1 Å². The number of nitrogens with one attached hydrogen (secondary N) is 1. The molecule has 232 valence electrons. The molecular weight excluding hydrogens is 574 g/mol. The predicted molar refractivity (Wildman–Crippen MR) is 167 cm³/mol. The Morgan fingerprint density at radius 2 is 1.69 bits per heavy atom. The molecule has 0 unspecified atom stereocenters. The number of fused-ring (bicyclic) bond motifs is 2. The molecular formula is C34H35N5O6. The van der Waals surface area contributed by atoms with Crippen LogP contribution in [0.5, 0.6) is 17.2 Å². The first-order chi connectivity index (χ1) is 21.7. The quantitative estimate of drug-likeness (QED) is 0.262. The van der Waals surface area contributed by atoms with Gasteiger partial charge in [0.25, 0.3) is 0 Å². The number of methoxy groups -OCH3 is 1. The van der Waals surface area contributed by atoms with Gasteiger partial charge in [0.1, 0.15) is 18.0 Å². The molecule has 11 heteroatoms. The number of urea groups is 1. The lowest BCUT2D eigenvalue weighted by molar-refractivity contribution is -0.157. The van der Waals surface area contributed by atoms with Crippen LogP contribution in [0.1, 0.15) is 16.7 Å². The van der Waals surface area contributed by atoms with Crippen LogP contribution in [-0.4, -0.2) is 87.3 Å². The first-order valence-electron chi connectivity index (χ1n) is 14.7. The molecule has 0 saturated carbocycles. The van der Waals surface area contributed by atoms with E-state index in [0.29, 0.717) is 12.1 Å². The van der Waals surface area contributed by atoms with Gasteiger partial charge in [-0.15, -0.1) is 0 Å². The van der Waals surface area contributed by atoms with Crippen LogP contribution < -0.4 is 10.1 Å². The Labute approximate surface area is 260 Å². The summed E-state index contributed by atoms with van der Waals surface area (Å²) in [5.41, 5.74) is 2.45. The van der Waals surface area contributed by atoms with Crippen molar-refractivity contribution in [3.63, 3.8) is 0 Å². The summed E-state index contributed by atoms with van der Waals surface area (Å²) in [4.78, 5) is 44.3. The molecule has 0 aromatic heterocycles. The van der Waals surface area contributed by atoms with E-state index in [1.165, 1.54) is 17.1 Å². The van der Waals surface area contributed by atoms with Gasteiger partial charge in [0, 0.05) is 26.6 Å². The molecule has 2 aliphatic heterocycles. The molecule has 4 amide bonds. The number of amides is 4. The van der Waals surface area contributed by atoms with Crippen LogP contribution in [0.15, 0.2) is 84.9 Å². The molecule has 2 aliphatic rings. The number of hydrogen-bond acceptors (Lipinski definition) is 7. The van der Waals surface area contributed by atoms with E-state index >= 15 is 0 Å². The highest BCUT2D eigenvalue weighted by Crippen LogP contribution is 2.32. The van der Waals surface area contributed by atoms with E-state index in [4.69, 9.17) is 4.74 Å². The maximum Gasteiger partial charge on any atom is 0.332 e. The topological polar surface area (TPSA) is 126 Å². The highest BCUT2D eigenvalue weighted by atomic mass is 16.5. The minimum absolute atomic E-state index is 0.0795. The van der Waals surface area contributed by atoms with Crippen LogP contribution in [0.3, 0.4) is 0 Å². The molecule has 2 atom stereocenters. The van der Waals surface area contributed by atoms with Crippen molar-refractivity contribution in [2.45, 2.75) is 31.7 Å². The second-order valence-corrected chi connectivity index (χ2v) is 11.3. The molecule has 0 spiro atoms. The van der Waals surface area contributed by atoms with Gasteiger partial charge in [-0.25, -0.2) is 4.79 Å². The van der Waals surface area contributed by atoms with Gasteiger partial charge in [0.2, 0.25) is 11.8 Å². The number of aromatic hydroxyl groups is 2. The number of phenolic OH excluding ortho intramolecular Hbond substituents is 2. The lowest BCUT2D eigenvalue weighted by atomic mass is 9.98. The maximum absolute atomic E-state index is 14.1. The predicted octanol–water partition coefficient (Wildman–Crippen LogP) is 3.44. The van der Waals surface area contributed by atoms with Crippen LogP contribution in [0, 0.1) is 0 Å². The molecule has 4 aromatic rings. The third-order valence-corrected chi connectivity index (χ3v) is 8.56. The van der Waals surface area contributed by atoms with E-state index in [2.05, 4.69) is 5.32 Å². The number of nitrogens with zero attached hydrogens (tertiary/aromatic N) is 4. The van der Waals surface area contributed by atoms with Gasteiger partial charge in [-0.05, 0) is 51.7 Å². The van der Waals surface area contributed by atoms with Crippen molar-refractivity contribution in [2.24, 2.45) is 0 Å². The summed E-state index contributed by atoms with van der Waals surface area (Å²) in [5, 5.41) is 28.0. The molecule has 6 rings (SSSR count). The second kappa shape index (κ2) is 12.4. The Morgan fingerprint density at radius 1 is 0.956 bits per heavy atom. The van der Waals surface area contributed by atoms with Crippen molar-refractivity contribution in [1.82, 2.24) is 25.1 Å². The summed E-state index contributed by atoms with van der Waals surface area (Å²) in [6, 6.07) is 24.4. The zero-order valence-corrected chi connectivity index (χ0v) is 25.1. The van der Waals surface area contributed by atoms with Crippen LogP contribution in [0.25, 0.3) is 10.8 Å². The lowest BCUT2D eigenvalue weighted by Gasteiger charge is -2.46. The summed E-state index contributed by atoms with van der Waals surface area (Å²) < 4.78 is 5.20. The fourth-order valence-electron chi connectivity index (χ4n) is 6.16. The number of hydrogen-bond donors (Lipinski definition) is 3. The molecule has 2 heterocycles. The average molecular weight is 610 g/mol. The molecule has 11 nitrogen and oxygen atoms in total. The van der Waals surface area contributed by atoms with E-state index in [0.717, 1.165) is 27.6 Å². The minimum Gasteiger partial charge on any atom is -0.504 e. The standard InChI is InChI=1S/C34H35N5O6/c1-36(34(44)35-18-22-10-13-26(45-2)14-11-22)38-21-32(42)39-28(16-23-12-15-29(40)30(41)17-23)33(43)37(20-31(38)39)19-25-8-5-7-24-6-3-4-9-27(24)25/h3-15,17,28,31,40-41H,16,18-21H2,1-2H3,(H,35,44)/t28-,31+/m0/s1. The number of benzene rings is 4. The fourth-order valence-corrected chi connectivity index (χ4v) is 6.16. The molecule has 0 aliphatic carbocycles. The Hall–Kier alpha value is -5.29. The van der Waals surface area contributed by atoms with E-state index in [1.807, 2.05) is 66.7 Å². The van der Waals surface area contributed by atoms with Crippen molar-refractivity contribution in [1.29, 1.82) is 0 Å². The summed E-state index contributed by atoms with van der Waals surface area (Å²) in [6.07, 6.45) is -0.472. The van der Waals surface area contributed by atoms with Crippen LogP contribution in [0.4, 0.5) is 4.79 Å². The fraction of sp³-hybridized carbons (Fsp3) is 0.265. The van der Waals surface area contributed by atoms with Crippen molar-refractivity contribution in [3.8, 4) is 17.2 Å².